The molecule has 7 nitrogen and oxygen atoms in total. The zero-order valence-corrected chi connectivity index (χ0v) is 12.9. The predicted molar refractivity (Wildman–Crippen MR) is 85.1 cm³/mol. The number of piperazine rings is 1. The van der Waals surface area contributed by atoms with Crippen molar-refractivity contribution in [2.24, 2.45) is 12.8 Å². The molecule has 7 heteroatoms. The molecule has 2 aromatic heterocycles. The van der Waals surface area contributed by atoms with Crippen LogP contribution in [0.2, 0.25) is 0 Å². The number of aryl methyl sites for hydroxylation is 1. The maximum absolute atomic E-state index is 11.0. The fourth-order valence-corrected chi connectivity index (χ4v) is 2.92. The molecule has 0 bridgehead atoms. The van der Waals surface area contributed by atoms with E-state index in [1.165, 1.54) is 4.90 Å². The van der Waals surface area contributed by atoms with Crippen LogP contribution in [0, 0.1) is 0 Å². The Balaban J connectivity index is 1.96. The van der Waals surface area contributed by atoms with Crippen LogP contribution < -0.4 is 10.6 Å². The topological polar surface area (TPSA) is 87.6 Å². The lowest BCUT2D eigenvalue weighted by molar-refractivity contribution is 0.142. The fraction of sp³-hybridized carbons (Fsp3) is 0.467. The third-order valence-corrected chi connectivity index (χ3v) is 4.20. The lowest BCUT2D eigenvalue weighted by Crippen LogP contribution is -2.48. The highest BCUT2D eigenvalue weighted by Crippen LogP contribution is 2.29. The van der Waals surface area contributed by atoms with Gasteiger partial charge in [0.05, 0.1) is 22.4 Å². The molecule has 0 aromatic carbocycles. The largest absolute Gasteiger partial charge is 0.465 e. The summed E-state index contributed by atoms with van der Waals surface area (Å²) in [4.78, 5) is 19.4. The molecule has 1 aliphatic heterocycles. The average Bonchev–Trinajstić information content (AvgIpc) is 2.87. The molecule has 1 aliphatic rings. The smallest absolute Gasteiger partial charge is 0.407 e. The standard InChI is InChI=1S/C15H21N5O2/c1-10(16)14-13(9-12-11(17-14)3-4-18(12)2)19-5-7-20(8-6-19)15(21)22/h3-4,9-10H,5-8,16H2,1-2H3,(H,21,22)/t10-/m0/s1. The summed E-state index contributed by atoms with van der Waals surface area (Å²) < 4.78 is 2.03. The van der Waals surface area contributed by atoms with Crippen LogP contribution in [-0.2, 0) is 7.05 Å². The number of hydrogen-bond donors (Lipinski definition) is 2. The maximum Gasteiger partial charge on any atom is 0.407 e. The molecule has 1 amide bonds. The first-order valence-corrected chi connectivity index (χ1v) is 7.41. The van der Waals surface area contributed by atoms with Crippen LogP contribution in [0.25, 0.3) is 11.0 Å². The van der Waals surface area contributed by atoms with Crippen LogP contribution in [-0.4, -0.2) is 51.8 Å². The lowest BCUT2D eigenvalue weighted by Gasteiger charge is -2.35. The van der Waals surface area contributed by atoms with Gasteiger partial charge in [-0.2, -0.15) is 0 Å². The molecule has 1 atom stereocenters. The molecule has 22 heavy (non-hydrogen) atoms. The summed E-state index contributed by atoms with van der Waals surface area (Å²) in [6, 6.07) is 3.92. The molecule has 0 spiro atoms. The normalized spacial score (nSPS) is 17.0. The van der Waals surface area contributed by atoms with Gasteiger partial charge in [0, 0.05) is 45.5 Å². The van der Waals surface area contributed by atoms with Crippen molar-refractivity contribution < 1.29 is 9.90 Å². The van der Waals surface area contributed by atoms with E-state index in [1.807, 2.05) is 30.8 Å². The SMILES string of the molecule is C[C@H](N)c1nc2ccn(C)c2cc1N1CCN(C(=O)O)CC1. The minimum absolute atomic E-state index is 0.169. The van der Waals surface area contributed by atoms with Gasteiger partial charge in [0.15, 0.2) is 0 Å². The summed E-state index contributed by atoms with van der Waals surface area (Å²) in [5.74, 6) is 0. The Hall–Kier alpha value is -2.28. The molecule has 0 saturated carbocycles. The van der Waals surface area contributed by atoms with Crippen molar-refractivity contribution in [2.45, 2.75) is 13.0 Å². The molecule has 1 saturated heterocycles. The zero-order chi connectivity index (χ0) is 15.9. The number of amides is 1. The Morgan fingerprint density at radius 2 is 2.05 bits per heavy atom. The molecule has 1 fully saturated rings. The highest BCUT2D eigenvalue weighted by atomic mass is 16.4. The quantitative estimate of drug-likeness (QED) is 0.875. The Labute approximate surface area is 128 Å². The van der Waals surface area contributed by atoms with Gasteiger partial charge in [-0.05, 0) is 19.1 Å². The second-order valence-corrected chi connectivity index (χ2v) is 5.77. The highest BCUT2D eigenvalue weighted by Gasteiger charge is 2.24. The van der Waals surface area contributed by atoms with Gasteiger partial charge in [-0.15, -0.1) is 0 Å². The summed E-state index contributed by atoms with van der Waals surface area (Å²) in [5.41, 5.74) is 9.95. The number of anilines is 1. The van der Waals surface area contributed by atoms with Gasteiger partial charge in [0.2, 0.25) is 0 Å². The van der Waals surface area contributed by atoms with E-state index in [9.17, 15) is 4.79 Å². The van der Waals surface area contributed by atoms with Crippen molar-refractivity contribution >= 4 is 22.8 Å². The van der Waals surface area contributed by atoms with Crippen molar-refractivity contribution in [3.63, 3.8) is 0 Å². The van der Waals surface area contributed by atoms with Crippen molar-refractivity contribution in [3.8, 4) is 0 Å². The minimum Gasteiger partial charge on any atom is -0.465 e. The fourth-order valence-electron chi connectivity index (χ4n) is 2.92. The van der Waals surface area contributed by atoms with Gasteiger partial charge in [-0.1, -0.05) is 0 Å². The van der Waals surface area contributed by atoms with Crippen LogP contribution in [0.4, 0.5) is 10.5 Å². The number of carbonyl (C=O) groups is 1. The van der Waals surface area contributed by atoms with Crippen molar-refractivity contribution in [1.82, 2.24) is 14.5 Å². The number of nitrogens with two attached hydrogens (primary N) is 1. The Bertz CT molecular complexity index is 701. The second kappa shape index (κ2) is 5.49. The Morgan fingerprint density at radius 1 is 1.36 bits per heavy atom. The van der Waals surface area contributed by atoms with E-state index in [4.69, 9.17) is 15.8 Å². The maximum atomic E-state index is 11.0. The molecule has 118 valence electrons. The Morgan fingerprint density at radius 3 is 2.64 bits per heavy atom. The molecule has 3 N–H and O–H groups in total. The van der Waals surface area contributed by atoms with E-state index in [2.05, 4.69) is 11.0 Å². The summed E-state index contributed by atoms with van der Waals surface area (Å²) in [6.45, 7) is 4.24. The molecule has 3 heterocycles. The third kappa shape index (κ3) is 2.48. The van der Waals surface area contributed by atoms with Crippen molar-refractivity contribution in [3.05, 3.63) is 24.0 Å². The minimum atomic E-state index is -0.858. The second-order valence-electron chi connectivity index (χ2n) is 5.77. The summed E-state index contributed by atoms with van der Waals surface area (Å²) in [7, 11) is 1.99. The molecule has 2 aromatic rings. The highest BCUT2D eigenvalue weighted by molar-refractivity contribution is 5.81. The van der Waals surface area contributed by atoms with E-state index in [0.717, 1.165) is 22.4 Å². The molecule has 0 radical (unpaired) electrons. The number of fused-ring (bicyclic) bond motifs is 1. The summed E-state index contributed by atoms with van der Waals surface area (Å²) in [6.07, 6.45) is 1.12. The first kappa shape index (κ1) is 14.6. The predicted octanol–water partition coefficient (Wildman–Crippen LogP) is 1.39. The van der Waals surface area contributed by atoms with Crippen LogP contribution >= 0.6 is 0 Å². The molecular weight excluding hydrogens is 282 g/mol. The van der Waals surface area contributed by atoms with E-state index in [1.54, 1.807) is 0 Å². The molecular formula is C15H21N5O2. The van der Waals surface area contributed by atoms with Gasteiger partial charge < -0.3 is 25.2 Å². The van der Waals surface area contributed by atoms with Crippen molar-refractivity contribution in [1.29, 1.82) is 0 Å². The lowest BCUT2D eigenvalue weighted by atomic mass is 10.1. The van der Waals surface area contributed by atoms with Crippen LogP contribution in [0.1, 0.15) is 18.7 Å². The monoisotopic (exact) mass is 303 g/mol. The van der Waals surface area contributed by atoms with E-state index in [-0.39, 0.29) is 6.04 Å². The first-order chi connectivity index (χ1) is 10.5. The van der Waals surface area contributed by atoms with Gasteiger partial charge in [-0.25, -0.2) is 9.78 Å². The van der Waals surface area contributed by atoms with E-state index < -0.39 is 6.09 Å². The Kier molecular flexibility index (Phi) is 3.66. The van der Waals surface area contributed by atoms with Gasteiger partial charge in [0.25, 0.3) is 0 Å². The van der Waals surface area contributed by atoms with E-state index in [0.29, 0.717) is 26.2 Å². The number of pyridine rings is 1. The first-order valence-electron chi connectivity index (χ1n) is 7.41. The summed E-state index contributed by atoms with van der Waals surface area (Å²) in [5, 5.41) is 9.06. The van der Waals surface area contributed by atoms with Crippen LogP contribution in [0.5, 0.6) is 0 Å². The number of aromatic nitrogens is 2. The number of carboxylic acid groups (broad SMARTS) is 1. The zero-order valence-electron chi connectivity index (χ0n) is 12.9. The number of hydrogen-bond acceptors (Lipinski definition) is 4. The van der Waals surface area contributed by atoms with E-state index >= 15 is 0 Å². The number of nitrogens with zero attached hydrogens (tertiary/aromatic N) is 4. The van der Waals surface area contributed by atoms with Crippen molar-refractivity contribution in [2.75, 3.05) is 31.1 Å². The molecule has 3 rings (SSSR count). The van der Waals surface area contributed by atoms with Gasteiger partial charge in [-0.3, -0.25) is 0 Å². The average molecular weight is 303 g/mol. The van der Waals surface area contributed by atoms with Gasteiger partial charge >= 0.3 is 6.09 Å². The molecule has 0 aliphatic carbocycles. The number of rotatable bonds is 2. The van der Waals surface area contributed by atoms with Crippen LogP contribution in [0.15, 0.2) is 18.3 Å². The third-order valence-electron chi connectivity index (χ3n) is 4.20. The summed E-state index contributed by atoms with van der Waals surface area (Å²) >= 11 is 0. The van der Waals surface area contributed by atoms with Crippen LogP contribution in [0.3, 0.4) is 0 Å². The molecule has 0 unspecified atom stereocenters. The van der Waals surface area contributed by atoms with Gasteiger partial charge in [0.1, 0.15) is 0 Å².